The number of aromatic nitrogens is 1. The van der Waals surface area contributed by atoms with Crippen LogP contribution in [0.25, 0.3) is 0 Å². The molecule has 8 heteroatoms. The third-order valence-corrected chi connectivity index (χ3v) is 4.97. The zero-order chi connectivity index (χ0) is 19.4. The molecule has 26 heavy (non-hydrogen) atoms. The molecular weight excluding hydrogens is 345 g/mol. The van der Waals surface area contributed by atoms with E-state index in [1.807, 2.05) is 6.07 Å². The van der Waals surface area contributed by atoms with Crippen LogP contribution in [0.3, 0.4) is 0 Å². The molecule has 1 atom stereocenters. The summed E-state index contributed by atoms with van der Waals surface area (Å²) in [6.07, 6.45) is -0.492. The van der Waals surface area contributed by atoms with Gasteiger partial charge in [0.15, 0.2) is 0 Å². The van der Waals surface area contributed by atoms with Crippen LogP contribution in [-0.4, -0.2) is 60.4 Å². The molecule has 0 aromatic carbocycles. The molecule has 1 saturated heterocycles. The molecule has 144 valence electrons. The minimum absolute atomic E-state index is 0.137. The molecule has 0 radical (unpaired) electrons. The summed E-state index contributed by atoms with van der Waals surface area (Å²) in [5.74, 6) is -0.124. The molecule has 1 fully saturated rings. The van der Waals surface area contributed by atoms with Gasteiger partial charge in [0.05, 0.1) is 0 Å². The van der Waals surface area contributed by atoms with Crippen LogP contribution in [0, 0.1) is 0 Å². The van der Waals surface area contributed by atoms with E-state index in [0.29, 0.717) is 38.2 Å². The number of hydrogen-bond donors (Lipinski definition) is 1. The number of carbonyl (C=O) groups is 1. The minimum atomic E-state index is -4.38. The summed E-state index contributed by atoms with van der Waals surface area (Å²) >= 11 is 0. The second-order valence-corrected chi connectivity index (χ2v) is 6.59. The Bertz CT molecular complexity index is 637. The fraction of sp³-hybridized carbons (Fsp3) is 0.611. The smallest absolute Gasteiger partial charge is 0.354 e. The highest BCUT2D eigenvalue weighted by atomic mass is 19.4. The van der Waals surface area contributed by atoms with Gasteiger partial charge in [-0.1, -0.05) is 6.07 Å². The van der Waals surface area contributed by atoms with Gasteiger partial charge >= 0.3 is 6.18 Å². The van der Waals surface area contributed by atoms with E-state index in [2.05, 4.69) is 15.3 Å². The predicted molar refractivity (Wildman–Crippen MR) is 94.7 cm³/mol. The minimum Gasteiger partial charge on any atom is -0.354 e. The van der Waals surface area contributed by atoms with Gasteiger partial charge in [-0.25, -0.2) is 0 Å². The number of aliphatic imine (C=N–C) groups is 1. The van der Waals surface area contributed by atoms with E-state index in [1.165, 1.54) is 18.9 Å². The van der Waals surface area contributed by atoms with Crippen molar-refractivity contribution in [1.82, 2.24) is 15.2 Å². The van der Waals surface area contributed by atoms with Crippen LogP contribution in [0.15, 0.2) is 23.3 Å². The molecule has 0 saturated carbocycles. The van der Waals surface area contributed by atoms with E-state index in [0.717, 1.165) is 11.8 Å². The maximum absolute atomic E-state index is 13.6. The molecule has 1 N–H and O–H groups in total. The number of rotatable bonds is 5. The molecule has 0 aliphatic carbocycles. The van der Waals surface area contributed by atoms with Crippen LogP contribution in [0.2, 0.25) is 0 Å². The lowest BCUT2D eigenvalue weighted by molar-refractivity contribution is -0.202. The van der Waals surface area contributed by atoms with Gasteiger partial charge in [-0.15, -0.1) is 0 Å². The van der Waals surface area contributed by atoms with Gasteiger partial charge < -0.3 is 5.32 Å². The van der Waals surface area contributed by atoms with Crippen molar-refractivity contribution in [2.24, 2.45) is 4.99 Å². The molecule has 2 rings (SSSR count). The summed E-state index contributed by atoms with van der Waals surface area (Å²) in [6, 6.07) is 3.48. The highest BCUT2D eigenvalue weighted by Gasteiger charge is 2.54. The van der Waals surface area contributed by atoms with Gasteiger partial charge in [-0.3, -0.25) is 19.7 Å². The van der Waals surface area contributed by atoms with E-state index in [4.69, 9.17) is 0 Å². The van der Waals surface area contributed by atoms with Gasteiger partial charge in [-0.2, -0.15) is 13.2 Å². The lowest BCUT2D eigenvalue weighted by Crippen LogP contribution is -2.59. The topological polar surface area (TPSA) is 57.6 Å². The molecule has 1 aromatic heterocycles. The number of pyridine rings is 1. The fourth-order valence-corrected chi connectivity index (χ4v) is 3.19. The van der Waals surface area contributed by atoms with Crippen molar-refractivity contribution < 1.29 is 18.0 Å². The van der Waals surface area contributed by atoms with E-state index in [9.17, 15) is 18.0 Å². The zero-order valence-electron chi connectivity index (χ0n) is 15.3. The van der Waals surface area contributed by atoms with Crippen LogP contribution < -0.4 is 5.32 Å². The van der Waals surface area contributed by atoms with Crippen molar-refractivity contribution in [2.75, 3.05) is 26.7 Å². The molecule has 1 aliphatic rings. The number of amides is 1. The Morgan fingerprint density at radius 3 is 2.50 bits per heavy atom. The van der Waals surface area contributed by atoms with Crippen molar-refractivity contribution >= 4 is 12.1 Å². The van der Waals surface area contributed by atoms with Crippen molar-refractivity contribution in [3.8, 4) is 0 Å². The molecule has 1 unspecified atom stereocenters. The Labute approximate surface area is 151 Å². The van der Waals surface area contributed by atoms with Gasteiger partial charge in [0.25, 0.3) is 5.91 Å². The first-order valence-corrected chi connectivity index (χ1v) is 8.73. The van der Waals surface area contributed by atoms with Gasteiger partial charge in [-0.05, 0) is 57.3 Å². The number of alkyl halides is 3. The largest absolute Gasteiger partial charge is 0.411 e. The fourth-order valence-electron chi connectivity index (χ4n) is 3.19. The van der Waals surface area contributed by atoms with Crippen LogP contribution in [0.4, 0.5) is 13.2 Å². The SMILES string of the molecule is CCN=CC(C)(N1CCC(c2ccc(C(=O)NC)nc2)CC1)C(F)(F)F. The summed E-state index contributed by atoms with van der Waals surface area (Å²) in [7, 11) is 1.53. The number of nitrogens with one attached hydrogen (secondary N) is 1. The van der Waals surface area contributed by atoms with E-state index in [-0.39, 0.29) is 11.8 Å². The number of nitrogens with zero attached hydrogens (tertiary/aromatic N) is 3. The second kappa shape index (κ2) is 8.16. The summed E-state index contributed by atoms with van der Waals surface area (Å²) in [6.45, 7) is 3.88. The van der Waals surface area contributed by atoms with Crippen LogP contribution in [0.5, 0.6) is 0 Å². The van der Waals surface area contributed by atoms with E-state index >= 15 is 0 Å². The molecule has 1 aliphatic heterocycles. The Hall–Kier alpha value is -1.96. The Morgan fingerprint density at radius 2 is 2.04 bits per heavy atom. The van der Waals surface area contributed by atoms with Gasteiger partial charge in [0.2, 0.25) is 0 Å². The molecule has 1 aromatic rings. The maximum Gasteiger partial charge on any atom is 0.411 e. The third kappa shape index (κ3) is 4.23. The highest BCUT2D eigenvalue weighted by Crippen LogP contribution is 2.38. The number of piperidine rings is 1. The van der Waals surface area contributed by atoms with Crippen molar-refractivity contribution in [3.63, 3.8) is 0 Å². The lowest BCUT2D eigenvalue weighted by atomic mass is 9.87. The maximum atomic E-state index is 13.6. The molecule has 1 amide bonds. The molecular formula is C18H25F3N4O. The first kappa shape index (κ1) is 20.4. The second-order valence-electron chi connectivity index (χ2n) is 6.59. The number of halogens is 3. The van der Waals surface area contributed by atoms with Crippen molar-refractivity contribution in [1.29, 1.82) is 0 Å². The number of carbonyl (C=O) groups excluding carboxylic acids is 1. The molecule has 5 nitrogen and oxygen atoms in total. The summed E-state index contributed by atoms with van der Waals surface area (Å²) in [5, 5.41) is 2.51. The first-order valence-electron chi connectivity index (χ1n) is 8.73. The normalized spacial score (nSPS) is 19.5. The lowest BCUT2D eigenvalue weighted by Gasteiger charge is -2.43. The van der Waals surface area contributed by atoms with Crippen LogP contribution >= 0.6 is 0 Å². The van der Waals surface area contributed by atoms with Gasteiger partial charge in [0.1, 0.15) is 11.2 Å². The average molecular weight is 370 g/mol. The van der Waals surface area contributed by atoms with E-state index in [1.54, 1.807) is 19.2 Å². The van der Waals surface area contributed by atoms with Crippen LogP contribution in [0.1, 0.15) is 48.7 Å². The quantitative estimate of drug-likeness (QED) is 0.811. The van der Waals surface area contributed by atoms with E-state index < -0.39 is 11.7 Å². The first-order chi connectivity index (χ1) is 12.2. The number of hydrogen-bond acceptors (Lipinski definition) is 4. The average Bonchev–Trinajstić information content (AvgIpc) is 2.64. The third-order valence-electron chi connectivity index (χ3n) is 4.97. The standard InChI is InChI=1S/C18H25F3N4O/c1-4-23-12-17(2,18(19,20)21)25-9-7-13(8-10-25)14-5-6-15(24-11-14)16(26)22-3/h5-6,11-13H,4,7-10H2,1-3H3,(H,22,26). The predicted octanol–water partition coefficient (Wildman–Crippen LogP) is 3.03. The Balaban J connectivity index is 2.08. The summed E-state index contributed by atoms with van der Waals surface area (Å²) in [5.41, 5.74) is -0.766. The van der Waals surface area contributed by atoms with Gasteiger partial charge in [0, 0.05) is 26.0 Å². The monoisotopic (exact) mass is 370 g/mol. The summed E-state index contributed by atoms with van der Waals surface area (Å²) in [4.78, 5) is 21.0. The molecule has 0 bridgehead atoms. The highest BCUT2D eigenvalue weighted by molar-refractivity contribution is 5.91. The Kier molecular flexibility index (Phi) is 6.39. The van der Waals surface area contributed by atoms with Crippen molar-refractivity contribution in [2.45, 2.75) is 44.3 Å². The zero-order valence-corrected chi connectivity index (χ0v) is 15.3. The van der Waals surface area contributed by atoms with Crippen LogP contribution in [-0.2, 0) is 0 Å². The summed E-state index contributed by atoms with van der Waals surface area (Å²) < 4.78 is 40.8. The number of likely N-dealkylation sites (tertiary alicyclic amines) is 1. The Morgan fingerprint density at radius 1 is 1.38 bits per heavy atom. The molecule has 0 spiro atoms. The molecule has 2 heterocycles. The van der Waals surface area contributed by atoms with Crippen molar-refractivity contribution in [3.05, 3.63) is 29.6 Å².